The van der Waals surface area contributed by atoms with Crippen LogP contribution in [0, 0.1) is 0 Å². The van der Waals surface area contributed by atoms with Gasteiger partial charge in [-0.3, -0.25) is 4.79 Å². The number of Topliss-reactive ketones (excluding diaryl/α,β-unsaturated/α-hetero) is 1. The molecule has 1 aromatic rings. The summed E-state index contributed by atoms with van der Waals surface area (Å²) in [5.41, 5.74) is -0.207. The SMILES string of the molecule is COc1cccc(CC(=O)C2(O)CCCCCC2)c1. The average Bonchev–Trinajstić information content (AvgIpc) is 2.65. The van der Waals surface area contributed by atoms with Gasteiger partial charge in [0.15, 0.2) is 5.78 Å². The minimum Gasteiger partial charge on any atom is -0.497 e. The van der Waals surface area contributed by atoms with Crippen molar-refractivity contribution in [2.45, 2.75) is 50.5 Å². The van der Waals surface area contributed by atoms with E-state index in [1.54, 1.807) is 7.11 Å². The third-order valence-electron chi connectivity index (χ3n) is 3.95. The molecule has 1 aliphatic rings. The topological polar surface area (TPSA) is 46.5 Å². The summed E-state index contributed by atoms with van der Waals surface area (Å²) in [4.78, 5) is 12.4. The van der Waals surface area contributed by atoms with E-state index < -0.39 is 5.60 Å². The van der Waals surface area contributed by atoms with Crippen LogP contribution in [0.5, 0.6) is 5.75 Å². The first-order valence-corrected chi connectivity index (χ1v) is 7.03. The quantitative estimate of drug-likeness (QED) is 0.849. The second-order valence-corrected chi connectivity index (χ2v) is 5.40. The van der Waals surface area contributed by atoms with Crippen LogP contribution in [0.4, 0.5) is 0 Å². The Hall–Kier alpha value is -1.35. The van der Waals surface area contributed by atoms with E-state index in [4.69, 9.17) is 4.74 Å². The lowest BCUT2D eigenvalue weighted by Crippen LogP contribution is -2.39. The van der Waals surface area contributed by atoms with E-state index in [-0.39, 0.29) is 12.2 Å². The van der Waals surface area contributed by atoms with Crippen molar-refractivity contribution in [3.63, 3.8) is 0 Å². The largest absolute Gasteiger partial charge is 0.497 e. The smallest absolute Gasteiger partial charge is 0.168 e. The Labute approximate surface area is 114 Å². The number of hydrogen-bond acceptors (Lipinski definition) is 3. The second kappa shape index (κ2) is 6.20. The van der Waals surface area contributed by atoms with Gasteiger partial charge in [0.1, 0.15) is 11.4 Å². The standard InChI is InChI=1S/C16H22O3/c1-19-14-8-6-7-13(11-14)12-15(17)16(18)9-4-2-3-5-10-16/h6-8,11,18H,2-5,9-10,12H2,1H3. The average molecular weight is 262 g/mol. The summed E-state index contributed by atoms with van der Waals surface area (Å²) in [6.07, 6.45) is 5.63. The highest BCUT2D eigenvalue weighted by atomic mass is 16.5. The molecule has 19 heavy (non-hydrogen) atoms. The van der Waals surface area contributed by atoms with E-state index in [1.165, 1.54) is 0 Å². The maximum Gasteiger partial charge on any atom is 0.168 e. The molecule has 0 unspecified atom stereocenters. The lowest BCUT2D eigenvalue weighted by atomic mass is 9.86. The molecule has 3 heteroatoms. The van der Waals surface area contributed by atoms with Crippen LogP contribution in [-0.4, -0.2) is 23.6 Å². The molecule has 1 N–H and O–H groups in total. The third-order valence-corrected chi connectivity index (χ3v) is 3.95. The molecule has 0 radical (unpaired) electrons. The van der Waals surface area contributed by atoms with Gasteiger partial charge in [0.25, 0.3) is 0 Å². The van der Waals surface area contributed by atoms with E-state index in [0.29, 0.717) is 12.8 Å². The van der Waals surface area contributed by atoms with Gasteiger partial charge in [-0.2, -0.15) is 0 Å². The molecule has 3 nitrogen and oxygen atoms in total. The van der Waals surface area contributed by atoms with E-state index >= 15 is 0 Å². The zero-order valence-corrected chi connectivity index (χ0v) is 11.5. The number of aliphatic hydroxyl groups is 1. The van der Waals surface area contributed by atoms with E-state index in [0.717, 1.165) is 37.0 Å². The molecular weight excluding hydrogens is 240 g/mol. The van der Waals surface area contributed by atoms with Crippen molar-refractivity contribution in [1.29, 1.82) is 0 Å². The van der Waals surface area contributed by atoms with Crippen LogP contribution >= 0.6 is 0 Å². The van der Waals surface area contributed by atoms with Crippen LogP contribution in [0.2, 0.25) is 0 Å². The lowest BCUT2D eigenvalue weighted by molar-refractivity contribution is -0.138. The molecule has 1 aromatic carbocycles. The monoisotopic (exact) mass is 262 g/mol. The molecule has 1 aliphatic carbocycles. The first-order chi connectivity index (χ1) is 9.14. The highest BCUT2D eigenvalue weighted by molar-refractivity contribution is 5.89. The highest BCUT2D eigenvalue weighted by Crippen LogP contribution is 2.29. The Bertz CT molecular complexity index is 431. The summed E-state index contributed by atoms with van der Waals surface area (Å²) in [7, 11) is 1.61. The minimum atomic E-state index is -1.11. The minimum absolute atomic E-state index is 0.0531. The maximum absolute atomic E-state index is 12.4. The third kappa shape index (κ3) is 3.57. The van der Waals surface area contributed by atoms with Gasteiger partial charge in [-0.05, 0) is 30.5 Å². The van der Waals surface area contributed by atoms with Gasteiger partial charge in [-0.1, -0.05) is 37.8 Å². The first kappa shape index (κ1) is 14.1. The maximum atomic E-state index is 12.4. The number of hydrogen-bond donors (Lipinski definition) is 1. The Morgan fingerprint density at radius 1 is 1.26 bits per heavy atom. The van der Waals surface area contributed by atoms with Crippen molar-refractivity contribution in [3.05, 3.63) is 29.8 Å². The molecule has 104 valence electrons. The zero-order valence-electron chi connectivity index (χ0n) is 11.5. The molecule has 0 aliphatic heterocycles. The first-order valence-electron chi connectivity index (χ1n) is 7.03. The number of ether oxygens (including phenoxy) is 1. The molecule has 2 rings (SSSR count). The molecule has 1 fully saturated rings. The number of ketones is 1. The predicted molar refractivity (Wildman–Crippen MR) is 74.4 cm³/mol. The van der Waals surface area contributed by atoms with Crippen molar-refractivity contribution >= 4 is 5.78 Å². The Morgan fingerprint density at radius 2 is 1.95 bits per heavy atom. The van der Waals surface area contributed by atoms with Crippen molar-refractivity contribution < 1.29 is 14.6 Å². The van der Waals surface area contributed by atoms with E-state index in [1.807, 2.05) is 24.3 Å². The van der Waals surface area contributed by atoms with Gasteiger partial charge in [0.2, 0.25) is 0 Å². The number of benzene rings is 1. The second-order valence-electron chi connectivity index (χ2n) is 5.40. The molecule has 0 heterocycles. The molecule has 0 amide bonds. The number of methoxy groups -OCH3 is 1. The summed E-state index contributed by atoms with van der Waals surface area (Å²) in [6.45, 7) is 0. The van der Waals surface area contributed by atoms with Crippen LogP contribution < -0.4 is 4.74 Å². The van der Waals surface area contributed by atoms with Gasteiger partial charge < -0.3 is 9.84 Å². The van der Waals surface area contributed by atoms with E-state index in [2.05, 4.69) is 0 Å². The zero-order chi connectivity index (χ0) is 13.7. The van der Waals surface area contributed by atoms with Crippen LogP contribution in [0.3, 0.4) is 0 Å². The normalized spacial score (nSPS) is 18.6. The molecule has 0 bridgehead atoms. The Kier molecular flexibility index (Phi) is 4.59. The molecule has 1 saturated carbocycles. The molecule has 0 saturated heterocycles. The number of carbonyl (C=O) groups is 1. The summed E-state index contributed by atoms with van der Waals surface area (Å²) in [5.74, 6) is 0.695. The predicted octanol–water partition coefficient (Wildman–Crippen LogP) is 2.89. The summed E-state index contributed by atoms with van der Waals surface area (Å²) < 4.78 is 5.15. The van der Waals surface area contributed by atoms with Crippen molar-refractivity contribution in [2.75, 3.05) is 7.11 Å². The molecule has 0 spiro atoms. The van der Waals surface area contributed by atoms with Crippen molar-refractivity contribution in [1.82, 2.24) is 0 Å². The van der Waals surface area contributed by atoms with Crippen molar-refractivity contribution in [3.8, 4) is 5.75 Å². The lowest BCUT2D eigenvalue weighted by Gasteiger charge is -2.25. The van der Waals surface area contributed by atoms with Crippen LogP contribution in [0.15, 0.2) is 24.3 Å². The van der Waals surface area contributed by atoms with Crippen LogP contribution in [0.1, 0.15) is 44.1 Å². The fourth-order valence-electron chi connectivity index (χ4n) is 2.72. The fraction of sp³-hybridized carbons (Fsp3) is 0.562. The van der Waals surface area contributed by atoms with Gasteiger partial charge in [0.05, 0.1) is 7.11 Å². The number of rotatable bonds is 4. The van der Waals surface area contributed by atoms with Gasteiger partial charge in [0, 0.05) is 6.42 Å². The highest BCUT2D eigenvalue weighted by Gasteiger charge is 2.35. The molecule has 0 atom stereocenters. The van der Waals surface area contributed by atoms with Crippen LogP contribution in [-0.2, 0) is 11.2 Å². The fourth-order valence-corrected chi connectivity index (χ4v) is 2.72. The summed E-state index contributed by atoms with van der Waals surface area (Å²) in [6, 6.07) is 7.49. The summed E-state index contributed by atoms with van der Waals surface area (Å²) >= 11 is 0. The van der Waals surface area contributed by atoms with Gasteiger partial charge >= 0.3 is 0 Å². The van der Waals surface area contributed by atoms with E-state index in [9.17, 15) is 9.90 Å². The Balaban J connectivity index is 2.06. The van der Waals surface area contributed by atoms with Gasteiger partial charge in [-0.25, -0.2) is 0 Å². The molecule has 0 aromatic heterocycles. The molecular formula is C16H22O3. The van der Waals surface area contributed by atoms with Crippen LogP contribution in [0.25, 0.3) is 0 Å². The Morgan fingerprint density at radius 3 is 2.58 bits per heavy atom. The van der Waals surface area contributed by atoms with Crippen molar-refractivity contribution in [2.24, 2.45) is 0 Å². The number of carbonyl (C=O) groups excluding carboxylic acids is 1. The summed E-state index contributed by atoms with van der Waals surface area (Å²) in [5, 5.41) is 10.5. The van der Waals surface area contributed by atoms with Gasteiger partial charge in [-0.15, -0.1) is 0 Å².